The molecule has 0 spiro atoms. The van der Waals surface area contributed by atoms with E-state index in [1.807, 2.05) is 6.92 Å². The molecule has 0 radical (unpaired) electrons. The number of aliphatic carboxylic acids is 1. The molecule has 2 N–H and O–H groups in total. The van der Waals surface area contributed by atoms with Crippen molar-refractivity contribution in [2.24, 2.45) is 5.41 Å². The number of hydrogen-bond donors (Lipinski definition) is 2. The second-order valence-electron chi connectivity index (χ2n) is 5.78. The number of morpholine rings is 1. The highest BCUT2D eigenvalue weighted by atomic mass is 16.5. The molecule has 0 bridgehead atoms. The largest absolute Gasteiger partial charge is 0.481 e. The van der Waals surface area contributed by atoms with Gasteiger partial charge >= 0.3 is 5.97 Å². The lowest BCUT2D eigenvalue weighted by atomic mass is 9.76. The second-order valence-corrected chi connectivity index (χ2v) is 5.78. The van der Waals surface area contributed by atoms with Crippen LogP contribution in [0.3, 0.4) is 0 Å². The number of carboxylic acids is 1. The monoisotopic (exact) mass is 284 g/mol. The molecule has 114 valence electrons. The molecule has 0 saturated carbocycles. The van der Waals surface area contributed by atoms with Crippen molar-refractivity contribution in [3.8, 4) is 0 Å². The number of amides is 1. The fraction of sp³-hybridized carbons (Fsp3) is 0.857. The molecule has 2 atom stereocenters. The van der Waals surface area contributed by atoms with Gasteiger partial charge in [0.15, 0.2) is 0 Å². The number of hydrogen-bond acceptors (Lipinski definition) is 4. The molecule has 0 aromatic rings. The minimum Gasteiger partial charge on any atom is -0.481 e. The average molecular weight is 284 g/mol. The van der Waals surface area contributed by atoms with E-state index < -0.39 is 11.4 Å². The first-order chi connectivity index (χ1) is 9.59. The van der Waals surface area contributed by atoms with Gasteiger partial charge in [0.25, 0.3) is 0 Å². The lowest BCUT2D eigenvalue weighted by molar-refractivity contribution is -0.156. The molecule has 2 aliphatic rings. The molecular formula is C14H24N2O4. The predicted molar refractivity (Wildman–Crippen MR) is 73.4 cm³/mol. The van der Waals surface area contributed by atoms with Gasteiger partial charge in [-0.15, -0.1) is 0 Å². The molecule has 2 saturated heterocycles. The van der Waals surface area contributed by atoms with Gasteiger partial charge in [-0.3, -0.25) is 9.59 Å². The van der Waals surface area contributed by atoms with Crippen molar-refractivity contribution >= 4 is 11.9 Å². The van der Waals surface area contributed by atoms with E-state index in [1.165, 1.54) is 0 Å². The summed E-state index contributed by atoms with van der Waals surface area (Å²) in [6.45, 7) is 4.63. The molecule has 0 aliphatic carbocycles. The van der Waals surface area contributed by atoms with Crippen LogP contribution in [-0.2, 0) is 14.3 Å². The van der Waals surface area contributed by atoms with Crippen molar-refractivity contribution in [2.45, 2.75) is 38.6 Å². The highest BCUT2D eigenvalue weighted by Gasteiger charge is 2.43. The van der Waals surface area contributed by atoms with Crippen molar-refractivity contribution in [2.75, 3.05) is 32.8 Å². The highest BCUT2D eigenvalue weighted by molar-refractivity contribution is 5.83. The maximum Gasteiger partial charge on any atom is 0.311 e. The average Bonchev–Trinajstić information content (AvgIpc) is 2.48. The SMILES string of the molecule is CCCC1(C(=O)O)CCCN(C(=O)C2COCCN2)C1. The van der Waals surface area contributed by atoms with Crippen molar-refractivity contribution in [1.29, 1.82) is 0 Å². The summed E-state index contributed by atoms with van der Waals surface area (Å²) < 4.78 is 5.31. The topological polar surface area (TPSA) is 78.9 Å². The van der Waals surface area contributed by atoms with Gasteiger partial charge in [-0.05, 0) is 19.3 Å². The van der Waals surface area contributed by atoms with Crippen LogP contribution >= 0.6 is 0 Å². The van der Waals surface area contributed by atoms with Gasteiger partial charge in [-0.1, -0.05) is 13.3 Å². The zero-order valence-electron chi connectivity index (χ0n) is 12.1. The van der Waals surface area contributed by atoms with E-state index in [2.05, 4.69) is 5.32 Å². The first-order valence-electron chi connectivity index (χ1n) is 7.42. The minimum atomic E-state index is -0.773. The second kappa shape index (κ2) is 6.54. The van der Waals surface area contributed by atoms with E-state index in [9.17, 15) is 14.7 Å². The third kappa shape index (κ3) is 3.12. The van der Waals surface area contributed by atoms with E-state index in [0.717, 1.165) is 12.8 Å². The molecule has 6 heteroatoms. The number of ether oxygens (including phenoxy) is 1. The molecular weight excluding hydrogens is 260 g/mol. The van der Waals surface area contributed by atoms with Crippen LogP contribution in [0, 0.1) is 5.41 Å². The van der Waals surface area contributed by atoms with Gasteiger partial charge in [-0.2, -0.15) is 0 Å². The first kappa shape index (κ1) is 15.3. The van der Waals surface area contributed by atoms with Gasteiger partial charge in [0, 0.05) is 19.6 Å². The van der Waals surface area contributed by atoms with Crippen LogP contribution in [-0.4, -0.2) is 60.8 Å². The third-order valence-electron chi connectivity index (χ3n) is 4.29. The summed E-state index contributed by atoms with van der Waals surface area (Å²) in [5, 5.41) is 12.7. The summed E-state index contributed by atoms with van der Waals surface area (Å²) in [7, 11) is 0. The Labute approximate surface area is 119 Å². The first-order valence-corrected chi connectivity index (χ1v) is 7.42. The molecule has 2 fully saturated rings. The minimum absolute atomic E-state index is 0.0221. The van der Waals surface area contributed by atoms with Gasteiger partial charge in [0.1, 0.15) is 6.04 Å². The van der Waals surface area contributed by atoms with Crippen LogP contribution in [0.4, 0.5) is 0 Å². The molecule has 2 aliphatic heterocycles. The molecule has 0 aromatic heterocycles. The lowest BCUT2D eigenvalue weighted by Crippen LogP contribution is -2.57. The molecule has 2 unspecified atom stereocenters. The van der Waals surface area contributed by atoms with E-state index >= 15 is 0 Å². The van der Waals surface area contributed by atoms with Crippen LogP contribution in [0.15, 0.2) is 0 Å². The maximum absolute atomic E-state index is 12.5. The summed E-state index contributed by atoms with van der Waals surface area (Å²) >= 11 is 0. The fourth-order valence-corrected chi connectivity index (χ4v) is 3.23. The zero-order chi connectivity index (χ0) is 14.6. The van der Waals surface area contributed by atoms with Crippen molar-refractivity contribution in [1.82, 2.24) is 10.2 Å². The quantitative estimate of drug-likeness (QED) is 0.784. The number of carbonyl (C=O) groups is 2. The summed E-state index contributed by atoms with van der Waals surface area (Å²) in [6, 6.07) is -0.324. The zero-order valence-corrected chi connectivity index (χ0v) is 12.1. The number of piperidine rings is 1. The van der Waals surface area contributed by atoms with Crippen molar-refractivity contribution in [3.05, 3.63) is 0 Å². The Morgan fingerprint density at radius 2 is 2.30 bits per heavy atom. The number of carboxylic acid groups (broad SMARTS) is 1. The van der Waals surface area contributed by atoms with Crippen molar-refractivity contribution in [3.63, 3.8) is 0 Å². The number of rotatable bonds is 4. The molecule has 0 aromatic carbocycles. The Hall–Kier alpha value is -1.14. The Kier molecular flexibility index (Phi) is 4.99. The maximum atomic E-state index is 12.5. The lowest BCUT2D eigenvalue weighted by Gasteiger charge is -2.41. The van der Waals surface area contributed by atoms with Crippen LogP contribution in [0.5, 0.6) is 0 Å². The molecule has 2 rings (SSSR count). The van der Waals surface area contributed by atoms with Crippen LogP contribution in [0.2, 0.25) is 0 Å². The number of nitrogens with one attached hydrogen (secondary N) is 1. The van der Waals surface area contributed by atoms with E-state index in [0.29, 0.717) is 45.7 Å². The summed E-state index contributed by atoms with van der Waals surface area (Å²) in [4.78, 5) is 25.8. The molecule has 20 heavy (non-hydrogen) atoms. The van der Waals surface area contributed by atoms with Gasteiger partial charge in [0.2, 0.25) is 5.91 Å². The fourth-order valence-electron chi connectivity index (χ4n) is 3.23. The summed E-state index contributed by atoms with van der Waals surface area (Å²) in [6.07, 6.45) is 2.86. The summed E-state index contributed by atoms with van der Waals surface area (Å²) in [5.41, 5.74) is -0.766. The van der Waals surface area contributed by atoms with Gasteiger partial charge in [-0.25, -0.2) is 0 Å². The van der Waals surface area contributed by atoms with E-state index in [1.54, 1.807) is 4.90 Å². The number of carbonyl (C=O) groups excluding carboxylic acids is 1. The van der Waals surface area contributed by atoms with E-state index in [4.69, 9.17) is 4.74 Å². The predicted octanol–water partition coefficient (Wildman–Crippen LogP) is 0.468. The molecule has 6 nitrogen and oxygen atoms in total. The number of nitrogens with zero attached hydrogens (tertiary/aromatic N) is 1. The highest BCUT2D eigenvalue weighted by Crippen LogP contribution is 2.35. The summed E-state index contributed by atoms with van der Waals surface area (Å²) in [5.74, 6) is -0.796. The smallest absolute Gasteiger partial charge is 0.311 e. The van der Waals surface area contributed by atoms with Gasteiger partial charge in [0.05, 0.1) is 18.6 Å². The Balaban J connectivity index is 2.04. The van der Waals surface area contributed by atoms with E-state index in [-0.39, 0.29) is 11.9 Å². The third-order valence-corrected chi connectivity index (χ3v) is 4.29. The van der Waals surface area contributed by atoms with Gasteiger partial charge < -0.3 is 20.1 Å². The Bertz CT molecular complexity index is 364. The molecule has 2 heterocycles. The molecule has 1 amide bonds. The van der Waals surface area contributed by atoms with Crippen molar-refractivity contribution < 1.29 is 19.4 Å². The van der Waals surface area contributed by atoms with Crippen LogP contribution < -0.4 is 5.32 Å². The standard InChI is InChI=1S/C14H24N2O4/c1-2-4-14(13(18)19)5-3-7-16(10-14)12(17)11-9-20-8-6-15-11/h11,15H,2-10H2,1H3,(H,18,19). The van der Waals surface area contributed by atoms with Crippen LogP contribution in [0.1, 0.15) is 32.6 Å². The van der Waals surface area contributed by atoms with Crippen LogP contribution in [0.25, 0.3) is 0 Å². The Morgan fingerprint density at radius 3 is 2.90 bits per heavy atom. The normalized spacial score (nSPS) is 31.1. The number of likely N-dealkylation sites (tertiary alicyclic amines) is 1. The Morgan fingerprint density at radius 1 is 1.50 bits per heavy atom.